The van der Waals surface area contributed by atoms with Crippen molar-refractivity contribution in [3.63, 3.8) is 0 Å². The second-order valence-corrected chi connectivity index (χ2v) is 5.34. The number of para-hydroxylation sites is 1. The van der Waals surface area contributed by atoms with Gasteiger partial charge in [0, 0.05) is 0 Å². The summed E-state index contributed by atoms with van der Waals surface area (Å²) < 4.78 is 44.5. The summed E-state index contributed by atoms with van der Waals surface area (Å²) in [6, 6.07) is 11.8. The molecule has 0 aliphatic carbocycles. The lowest BCUT2D eigenvalue weighted by Crippen LogP contribution is -2.43. The van der Waals surface area contributed by atoms with E-state index >= 15 is 0 Å². The first kappa shape index (κ1) is 15.4. The first-order chi connectivity index (χ1) is 10.9. The van der Waals surface area contributed by atoms with Crippen molar-refractivity contribution in [3.05, 3.63) is 65.2 Å². The minimum atomic E-state index is -4.57. The van der Waals surface area contributed by atoms with Crippen molar-refractivity contribution in [2.75, 3.05) is 6.61 Å². The van der Waals surface area contributed by atoms with Crippen LogP contribution in [0.4, 0.5) is 13.2 Å². The number of amides is 1. The smallest absolute Gasteiger partial charge is 0.417 e. The van der Waals surface area contributed by atoms with Gasteiger partial charge in [-0.05, 0) is 30.2 Å². The van der Waals surface area contributed by atoms with Crippen LogP contribution >= 0.6 is 0 Å². The maximum Gasteiger partial charge on any atom is 0.417 e. The average molecular weight is 321 g/mol. The van der Waals surface area contributed by atoms with E-state index in [4.69, 9.17) is 4.74 Å². The van der Waals surface area contributed by atoms with Gasteiger partial charge in [-0.2, -0.15) is 13.2 Å². The number of rotatable bonds is 2. The molecular formula is C17H14F3NO2. The molecule has 0 bridgehead atoms. The number of carbonyl (C=O) groups is 1. The summed E-state index contributed by atoms with van der Waals surface area (Å²) in [5, 5.41) is 2.62. The molecule has 1 aliphatic heterocycles. The molecule has 3 rings (SSSR count). The largest absolute Gasteiger partial charge is 0.491 e. The van der Waals surface area contributed by atoms with Crippen LogP contribution in [-0.4, -0.2) is 18.6 Å². The van der Waals surface area contributed by atoms with Crippen LogP contribution < -0.4 is 10.1 Å². The zero-order valence-corrected chi connectivity index (χ0v) is 12.1. The molecule has 0 spiro atoms. The predicted octanol–water partition coefficient (Wildman–Crippen LogP) is 3.44. The van der Waals surface area contributed by atoms with Crippen LogP contribution in [0.5, 0.6) is 5.75 Å². The molecule has 6 heteroatoms. The summed E-state index contributed by atoms with van der Waals surface area (Å²) in [5.41, 5.74) is -0.387. The summed E-state index contributed by atoms with van der Waals surface area (Å²) >= 11 is 0. The van der Waals surface area contributed by atoms with Crippen molar-refractivity contribution in [2.24, 2.45) is 0 Å². The molecule has 1 aliphatic rings. The number of ether oxygens (including phenoxy) is 1. The molecule has 0 aromatic heterocycles. The fraction of sp³-hybridized carbons (Fsp3) is 0.235. The zero-order chi connectivity index (χ0) is 16.4. The Balaban J connectivity index is 1.76. The molecule has 0 unspecified atom stereocenters. The van der Waals surface area contributed by atoms with E-state index in [1.807, 2.05) is 24.3 Å². The molecule has 2 aromatic carbocycles. The van der Waals surface area contributed by atoms with Crippen LogP contribution in [0.2, 0.25) is 0 Å². The monoisotopic (exact) mass is 321 g/mol. The van der Waals surface area contributed by atoms with Gasteiger partial charge >= 0.3 is 6.18 Å². The molecule has 1 N–H and O–H groups in total. The van der Waals surface area contributed by atoms with Gasteiger partial charge in [-0.3, -0.25) is 4.79 Å². The lowest BCUT2D eigenvalue weighted by atomic mass is 10.0. The minimum absolute atomic E-state index is 0.233. The van der Waals surface area contributed by atoms with Gasteiger partial charge < -0.3 is 10.1 Å². The Hall–Kier alpha value is -2.50. The van der Waals surface area contributed by atoms with Gasteiger partial charge in [0.1, 0.15) is 12.4 Å². The molecular weight excluding hydrogens is 307 g/mol. The number of hydrogen-bond acceptors (Lipinski definition) is 2. The molecule has 1 amide bonds. The molecule has 1 heterocycles. The molecule has 120 valence electrons. The van der Waals surface area contributed by atoms with E-state index in [-0.39, 0.29) is 18.2 Å². The van der Waals surface area contributed by atoms with Crippen molar-refractivity contribution in [3.8, 4) is 5.75 Å². The third kappa shape index (κ3) is 3.31. The van der Waals surface area contributed by atoms with Gasteiger partial charge in [-0.15, -0.1) is 0 Å². The molecule has 2 aromatic rings. The zero-order valence-electron chi connectivity index (χ0n) is 12.1. The summed E-state index contributed by atoms with van der Waals surface area (Å²) in [6.07, 6.45) is -4.04. The van der Waals surface area contributed by atoms with Crippen molar-refractivity contribution in [1.29, 1.82) is 0 Å². The van der Waals surface area contributed by atoms with Gasteiger partial charge in [0.25, 0.3) is 5.91 Å². The Bertz CT molecular complexity index is 728. The third-order valence-electron chi connectivity index (χ3n) is 3.69. The normalized spacial score (nSPS) is 17.1. The van der Waals surface area contributed by atoms with Crippen molar-refractivity contribution in [1.82, 2.24) is 5.32 Å². The highest BCUT2D eigenvalue weighted by Crippen LogP contribution is 2.32. The molecule has 0 radical (unpaired) electrons. The summed E-state index contributed by atoms with van der Waals surface area (Å²) in [4.78, 5) is 12.2. The average Bonchev–Trinajstić information content (AvgIpc) is 2.54. The standard InChI is InChI=1S/C17H14F3NO2/c18-17(19,20)14-7-3-2-6-13(14)16(22)21-12-9-11-5-1-4-8-15(11)23-10-12/h1-8,12H,9-10H2,(H,21,22)/t12-/m1/s1. The number of halogens is 3. The highest BCUT2D eigenvalue weighted by molar-refractivity contribution is 5.96. The van der Waals surface area contributed by atoms with Crippen molar-refractivity contribution in [2.45, 2.75) is 18.6 Å². The number of hydrogen-bond donors (Lipinski definition) is 1. The highest BCUT2D eigenvalue weighted by atomic mass is 19.4. The fourth-order valence-corrected chi connectivity index (χ4v) is 2.61. The topological polar surface area (TPSA) is 38.3 Å². The maximum atomic E-state index is 13.0. The molecule has 3 nitrogen and oxygen atoms in total. The first-order valence-corrected chi connectivity index (χ1v) is 7.13. The number of benzene rings is 2. The van der Waals surface area contributed by atoms with Crippen LogP contribution in [0.25, 0.3) is 0 Å². The molecule has 23 heavy (non-hydrogen) atoms. The Morgan fingerprint density at radius 3 is 2.57 bits per heavy atom. The summed E-state index contributed by atoms with van der Waals surface area (Å²) in [6.45, 7) is 0.233. The quantitative estimate of drug-likeness (QED) is 0.920. The second-order valence-electron chi connectivity index (χ2n) is 5.34. The lowest BCUT2D eigenvalue weighted by Gasteiger charge is -2.26. The van der Waals surface area contributed by atoms with Gasteiger partial charge in [-0.25, -0.2) is 0 Å². The maximum absolute atomic E-state index is 13.0. The van der Waals surface area contributed by atoms with E-state index in [0.717, 1.165) is 17.4 Å². The SMILES string of the molecule is O=C(N[C@H]1COc2ccccc2C1)c1ccccc1C(F)(F)F. The number of carbonyl (C=O) groups excluding carboxylic acids is 1. The Labute approximate surface area is 131 Å². The van der Waals surface area contributed by atoms with E-state index < -0.39 is 17.6 Å². The van der Waals surface area contributed by atoms with Crippen LogP contribution in [0, 0.1) is 0 Å². The molecule has 0 saturated carbocycles. The number of nitrogens with one attached hydrogen (secondary N) is 1. The van der Waals surface area contributed by atoms with Crippen molar-refractivity contribution >= 4 is 5.91 Å². The van der Waals surface area contributed by atoms with Crippen LogP contribution in [0.15, 0.2) is 48.5 Å². The Morgan fingerprint density at radius 1 is 1.09 bits per heavy atom. The third-order valence-corrected chi connectivity index (χ3v) is 3.69. The first-order valence-electron chi connectivity index (χ1n) is 7.13. The number of alkyl halides is 3. The Kier molecular flexibility index (Phi) is 3.98. The summed E-state index contributed by atoms with van der Waals surface area (Å²) in [7, 11) is 0. The van der Waals surface area contributed by atoms with E-state index in [2.05, 4.69) is 5.32 Å². The van der Waals surface area contributed by atoms with E-state index in [9.17, 15) is 18.0 Å². The van der Waals surface area contributed by atoms with Gasteiger partial charge in [0.15, 0.2) is 0 Å². The van der Waals surface area contributed by atoms with Crippen molar-refractivity contribution < 1.29 is 22.7 Å². The van der Waals surface area contributed by atoms with Gasteiger partial charge in [0.2, 0.25) is 0 Å². The Morgan fingerprint density at radius 2 is 1.78 bits per heavy atom. The fourth-order valence-electron chi connectivity index (χ4n) is 2.61. The highest BCUT2D eigenvalue weighted by Gasteiger charge is 2.35. The van der Waals surface area contributed by atoms with Crippen LogP contribution in [0.3, 0.4) is 0 Å². The molecule has 1 atom stereocenters. The minimum Gasteiger partial charge on any atom is -0.491 e. The second kappa shape index (κ2) is 5.95. The van der Waals surface area contributed by atoms with E-state index in [0.29, 0.717) is 6.42 Å². The van der Waals surface area contributed by atoms with E-state index in [1.165, 1.54) is 18.2 Å². The summed E-state index contributed by atoms with van der Waals surface area (Å²) in [5.74, 6) is -0.000373. The molecule has 0 saturated heterocycles. The predicted molar refractivity (Wildman–Crippen MR) is 78.3 cm³/mol. The van der Waals surface area contributed by atoms with Crippen LogP contribution in [0.1, 0.15) is 21.5 Å². The lowest BCUT2D eigenvalue weighted by molar-refractivity contribution is -0.137. The number of fused-ring (bicyclic) bond motifs is 1. The van der Waals surface area contributed by atoms with Gasteiger partial charge in [0.05, 0.1) is 17.2 Å². The molecule has 0 fully saturated rings. The van der Waals surface area contributed by atoms with E-state index in [1.54, 1.807) is 0 Å². The van der Waals surface area contributed by atoms with Gasteiger partial charge in [-0.1, -0.05) is 30.3 Å². The van der Waals surface area contributed by atoms with Crippen LogP contribution in [-0.2, 0) is 12.6 Å².